The van der Waals surface area contributed by atoms with Gasteiger partial charge in [0.1, 0.15) is 0 Å². The van der Waals surface area contributed by atoms with Crippen molar-refractivity contribution in [3.63, 3.8) is 0 Å². The van der Waals surface area contributed by atoms with Crippen LogP contribution in [0.25, 0.3) is 5.69 Å². The van der Waals surface area contributed by atoms with E-state index in [1.54, 1.807) is 29.2 Å². The van der Waals surface area contributed by atoms with E-state index in [1.807, 2.05) is 6.92 Å². The van der Waals surface area contributed by atoms with Gasteiger partial charge in [0.25, 0.3) is 9.05 Å². The molecule has 0 saturated heterocycles. The van der Waals surface area contributed by atoms with Gasteiger partial charge in [-0.25, -0.2) is 13.1 Å². The van der Waals surface area contributed by atoms with E-state index < -0.39 is 9.05 Å². The summed E-state index contributed by atoms with van der Waals surface area (Å²) in [6, 6.07) is 6.47. The highest BCUT2D eigenvalue weighted by Gasteiger charge is 2.11. The van der Waals surface area contributed by atoms with Crippen molar-refractivity contribution in [2.75, 3.05) is 0 Å². The van der Waals surface area contributed by atoms with Crippen molar-refractivity contribution in [2.45, 2.75) is 11.8 Å². The van der Waals surface area contributed by atoms with Crippen molar-refractivity contribution >= 4 is 19.7 Å². The normalized spacial score (nSPS) is 11.6. The van der Waals surface area contributed by atoms with Gasteiger partial charge in [0.05, 0.1) is 10.6 Å². The Bertz CT molecular complexity index is 606. The number of aromatic nitrogens is 2. The summed E-state index contributed by atoms with van der Waals surface area (Å²) >= 11 is 0. The van der Waals surface area contributed by atoms with Crippen molar-refractivity contribution in [3.8, 4) is 5.69 Å². The molecule has 1 aromatic carbocycles. The van der Waals surface area contributed by atoms with Crippen LogP contribution in [0.5, 0.6) is 0 Å². The summed E-state index contributed by atoms with van der Waals surface area (Å²) in [7, 11) is 1.59. The number of aryl methyl sites for hydroxylation is 1. The number of halogens is 1. The fourth-order valence-corrected chi connectivity index (χ4v) is 2.28. The minimum Gasteiger partial charge on any atom is -0.241 e. The van der Waals surface area contributed by atoms with Gasteiger partial charge < -0.3 is 0 Å². The van der Waals surface area contributed by atoms with Crippen molar-refractivity contribution in [3.05, 3.63) is 42.2 Å². The van der Waals surface area contributed by atoms with Gasteiger partial charge in [-0.2, -0.15) is 5.10 Å². The lowest BCUT2D eigenvalue weighted by Gasteiger charge is -2.06. The Morgan fingerprint density at radius 3 is 2.62 bits per heavy atom. The molecule has 0 atom stereocenters. The van der Waals surface area contributed by atoms with Crippen LogP contribution in [0.1, 0.15) is 5.56 Å². The van der Waals surface area contributed by atoms with Crippen molar-refractivity contribution < 1.29 is 8.42 Å². The summed E-state index contributed by atoms with van der Waals surface area (Å²) in [4.78, 5) is 0.0996. The minimum absolute atomic E-state index is 0.0996. The van der Waals surface area contributed by atoms with E-state index in [1.165, 1.54) is 12.1 Å². The second-order valence-electron chi connectivity index (χ2n) is 3.34. The summed E-state index contributed by atoms with van der Waals surface area (Å²) in [6.45, 7) is 1.81. The molecule has 0 saturated carbocycles. The molecule has 0 aliphatic rings. The van der Waals surface area contributed by atoms with Gasteiger partial charge in [-0.05, 0) is 36.8 Å². The second-order valence-corrected chi connectivity index (χ2v) is 5.90. The maximum Gasteiger partial charge on any atom is 0.261 e. The Hall–Kier alpha value is -1.33. The Morgan fingerprint density at radius 1 is 1.38 bits per heavy atom. The highest BCUT2D eigenvalue weighted by atomic mass is 35.7. The van der Waals surface area contributed by atoms with Crippen molar-refractivity contribution in [1.82, 2.24) is 9.78 Å². The summed E-state index contributed by atoms with van der Waals surface area (Å²) < 4.78 is 23.9. The van der Waals surface area contributed by atoms with Crippen LogP contribution in [-0.4, -0.2) is 18.2 Å². The van der Waals surface area contributed by atoms with Crippen LogP contribution in [0.4, 0.5) is 0 Å². The molecule has 1 heterocycles. The topological polar surface area (TPSA) is 52.0 Å². The first-order chi connectivity index (χ1) is 7.48. The molecule has 84 valence electrons. The molecule has 1 aromatic heterocycles. The van der Waals surface area contributed by atoms with E-state index in [-0.39, 0.29) is 4.90 Å². The van der Waals surface area contributed by atoms with Gasteiger partial charge in [0.2, 0.25) is 0 Å². The molecule has 0 N–H and O–H groups in total. The molecule has 16 heavy (non-hydrogen) atoms. The monoisotopic (exact) mass is 256 g/mol. The lowest BCUT2D eigenvalue weighted by Crippen LogP contribution is -1.99. The van der Waals surface area contributed by atoms with Crippen LogP contribution in [0.2, 0.25) is 0 Å². The maximum atomic E-state index is 11.1. The predicted molar refractivity (Wildman–Crippen MR) is 61.3 cm³/mol. The summed E-state index contributed by atoms with van der Waals surface area (Å²) in [5.41, 5.74) is 1.62. The zero-order chi connectivity index (χ0) is 11.8. The van der Waals surface area contributed by atoms with Crippen LogP contribution in [0.3, 0.4) is 0 Å². The SMILES string of the molecule is Cc1cc(S(=O)(=O)Cl)ccc1-n1cccn1. The fraction of sp³-hybridized carbons (Fsp3) is 0.100. The molecule has 6 heteroatoms. The largest absolute Gasteiger partial charge is 0.261 e. The number of benzene rings is 1. The van der Waals surface area contributed by atoms with E-state index in [0.717, 1.165) is 11.3 Å². The average molecular weight is 257 g/mol. The van der Waals surface area contributed by atoms with Crippen LogP contribution in [0, 0.1) is 6.92 Å². The van der Waals surface area contributed by atoms with Gasteiger partial charge in [-0.3, -0.25) is 0 Å². The zero-order valence-corrected chi connectivity index (χ0v) is 10.0. The van der Waals surface area contributed by atoms with E-state index >= 15 is 0 Å². The molecule has 0 aliphatic carbocycles. The summed E-state index contributed by atoms with van der Waals surface area (Å²) in [5, 5.41) is 4.07. The molecule has 2 rings (SSSR count). The van der Waals surface area contributed by atoms with Gasteiger partial charge >= 0.3 is 0 Å². The average Bonchev–Trinajstić information content (AvgIpc) is 2.69. The molecule has 0 unspecified atom stereocenters. The third-order valence-electron chi connectivity index (χ3n) is 2.20. The van der Waals surface area contributed by atoms with Crippen LogP contribution in [0.15, 0.2) is 41.6 Å². The number of hydrogen-bond donors (Lipinski definition) is 0. The first-order valence-corrected chi connectivity index (χ1v) is 6.85. The standard InChI is InChI=1S/C10H9ClN2O2S/c1-8-7-9(16(11,14)15)3-4-10(8)13-6-2-5-12-13/h2-7H,1H3. The van der Waals surface area contributed by atoms with E-state index in [4.69, 9.17) is 10.7 Å². The summed E-state index contributed by atoms with van der Waals surface area (Å²) in [6.07, 6.45) is 3.45. The lowest BCUT2D eigenvalue weighted by atomic mass is 10.2. The van der Waals surface area contributed by atoms with E-state index in [0.29, 0.717) is 0 Å². The van der Waals surface area contributed by atoms with E-state index in [9.17, 15) is 8.42 Å². The maximum absolute atomic E-state index is 11.1. The fourth-order valence-electron chi connectivity index (χ4n) is 1.45. The molecular weight excluding hydrogens is 248 g/mol. The third-order valence-corrected chi connectivity index (χ3v) is 3.55. The van der Waals surface area contributed by atoms with Gasteiger partial charge in [-0.1, -0.05) is 0 Å². The minimum atomic E-state index is -3.67. The first kappa shape index (κ1) is 11.2. The molecule has 0 spiro atoms. The number of rotatable bonds is 2. The highest BCUT2D eigenvalue weighted by molar-refractivity contribution is 8.13. The molecule has 0 bridgehead atoms. The molecule has 0 amide bonds. The Labute approximate surface area is 97.9 Å². The van der Waals surface area contributed by atoms with Crippen molar-refractivity contribution in [1.29, 1.82) is 0 Å². The first-order valence-electron chi connectivity index (χ1n) is 4.54. The van der Waals surface area contributed by atoms with Crippen LogP contribution in [-0.2, 0) is 9.05 Å². The highest BCUT2D eigenvalue weighted by Crippen LogP contribution is 2.20. The quantitative estimate of drug-likeness (QED) is 0.774. The predicted octanol–water partition coefficient (Wildman–Crippen LogP) is 2.11. The van der Waals surface area contributed by atoms with Crippen molar-refractivity contribution in [2.24, 2.45) is 0 Å². The third kappa shape index (κ3) is 2.10. The second kappa shape index (κ2) is 3.92. The molecule has 0 aliphatic heterocycles. The Morgan fingerprint density at radius 2 is 2.12 bits per heavy atom. The Kier molecular flexibility index (Phi) is 2.73. The molecule has 2 aromatic rings. The van der Waals surface area contributed by atoms with Crippen LogP contribution < -0.4 is 0 Å². The zero-order valence-electron chi connectivity index (χ0n) is 8.46. The van der Waals surface area contributed by atoms with Gasteiger partial charge in [-0.15, -0.1) is 0 Å². The molecule has 0 radical (unpaired) electrons. The van der Waals surface area contributed by atoms with Gasteiger partial charge in [0.15, 0.2) is 0 Å². The van der Waals surface area contributed by atoms with E-state index in [2.05, 4.69) is 5.10 Å². The summed E-state index contributed by atoms with van der Waals surface area (Å²) in [5.74, 6) is 0. The van der Waals surface area contributed by atoms with Gasteiger partial charge in [0, 0.05) is 23.1 Å². The number of nitrogens with zero attached hydrogens (tertiary/aromatic N) is 2. The smallest absolute Gasteiger partial charge is 0.241 e. The lowest BCUT2D eigenvalue weighted by molar-refractivity contribution is 0.609. The number of hydrogen-bond acceptors (Lipinski definition) is 3. The van der Waals surface area contributed by atoms with Crippen LogP contribution >= 0.6 is 10.7 Å². The molecular formula is C10H9ClN2O2S. The molecule has 0 fully saturated rings. The Balaban J connectivity index is 2.54. The molecule has 4 nitrogen and oxygen atoms in total.